The van der Waals surface area contributed by atoms with Gasteiger partial charge in [0.25, 0.3) is 0 Å². The van der Waals surface area contributed by atoms with Crippen molar-refractivity contribution in [1.82, 2.24) is 24.7 Å². The molecule has 0 bridgehead atoms. The first-order valence-electron chi connectivity index (χ1n) is 11.8. The molecule has 1 aliphatic rings. The molecule has 0 amide bonds. The highest BCUT2D eigenvalue weighted by Gasteiger charge is 2.35. The van der Waals surface area contributed by atoms with Crippen LogP contribution in [0.15, 0.2) is 54.0 Å². The molecular formula is C25H27FN6O4S2. The number of hydrogen-bond donors (Lipinski definition) is 3. The first-order chi connectivity index (χ1) is 18.2. The quantitative estimate of drug-likeness (QED) is 0.282. The highest BCUT2D eigenvalue weighted by Crippen LogP contribution is 2.35. The van der Waals surface area contributed by atoms with E-state index in [1.54, 1.807) is 35.7 Å². The van der Waals surface area contributed by atoms with Gasteiger partial charge in [0.1, 0.15) is 5.82 Å². The summed E-state index contributed by atoms with van der Waals surface area (Å²) in [6, 6.07) is 11.8. The Morgan fingerprint density at radius 3 is 2.61 bits per heavy atom. The average Bonchev–Trinajstić information content (AvgIpc) is 3.58. The maximum Gasteiger partial charge on any atom is 0.223 e. The average molecular weight is 559 g/mol. The monoisotopic (exact) mass is 558 g/mol. The van der Waals surface area contributed by atoms with Crippen LogP contribution in [0, 0.1) is 11.2 Å². The van der Waals surface area contributed by atoms with E-state index in [4.69, 9.17) is 14.5 Å². The van der Waals surface area contributed by atoms with Gasteiger partial charge in [0.2, 0.25) is 22.3 Å². The molecule has 1 saturated heterocycles. The standard InChI is InChI=1S/C25H27FN6O4S2/c1-25(13-29-38(2,33)34)14-35-23(36-15-25)22-31-20(16-5-7-17(26)8-6-16)21(32-22)19-9-10-27-24(30-19)28-12-18-4-3-11-37-18/h3-11,23,29H,12-15H2,1-2H3,(H,31,32)(H,27,28,30). The number of anilines is 1. The zero-order valence-corrected chi connectivity index (χ0v) is 22.4. The van der Waals surface area contributed by atoms with Crippen molar-refractivity contribution in [1.29, 1.82) is 0 Å². The number of nitrogens with zero attached hydrogens (tertiary/aromatic N) is 3. The number of thiophene rings is 1. The maximum absolute atomic E-state index is 13.6. The van der Waals surface area contributed by atoms with Gasteiger partial charge in [-0.2, -0.15) is 0 Å². The minimum absolute atomic E-state index is 0.185. The summed E-state index contributed by atoms with van der Waals surface area (Å²) in [7, 11) is -3.34. The largest absolute Gasteiger partial charge is 0.349 e. The number of halogens is 1. The van der Waals surface area contributed by atoms with Crippen LogP contribution in [0.1, 0.15) is 23.9 Å². The summed E-state index contributed by atoms with van der Waals surface area (Å²) < 4.78 is 51.1. The Morgan fingerprint density at radius 2 is 1.92 bits per heavy atom. The van der Waals surface area contributed by atoms with E-state index in [2.05, 4.69) is 25.0 Å². The van der Waals surface area contributed by atoms with Gasteiger partial charge in [-0.25, -0.2) is 32.5 Å². The molecule has 38 heavy (non-hydrogen) atoms. The molecule has 0 unspecified atom stereocenters. The number of benzene rings is 1. The Kier molecular flexibility index (Phi) is 7.54. The summed E-state index contributed by atoms with van der Waals surface area (Å²) in [6.07, 6.45) is 1.97. The van der Waals surface area contributed by atoms with Crippen LogP contribution in [0.2, 0.25) is 0 Å². The molecule has 4 heterocycles. The van der Waals surface area contributed by atoms with Crippen LogP contribution >= 0.6 is 11.3 Å². The predicted molar refractivity (Wildman–Crippen MR) is 142 cm³/mol. The summed E-state index contributed by atoms with van der Waals surface area (Å²) in [6.45, 7) is 3.17. The summed E-state index contributed by atoms with van der Waals surface area (Å²) in [4.78, 5) is 18.2. The second kappa shape index (κ2) is 10.9. The summed E-state index contributed by atoms with van der Waals surface area (Å²) in [5.41, 5.74) is 1.90. The normalized spacial score (nSPS) is 19.9. The molecule has 1 aliphatic heterocycles. The van der Waals surface area contributed by atoms with E-state index < -0.39 is 21.7 Å². The predicted octanol–water partition coefficient (Wildman–Crippen LogP) is 3.95. The number of imidazole rings is 1. The molecule has 0 aliphatic carbocycles. The van der Waals surface area contributed by atoms with Crippen LogP contribution in [0.3, 0.4) is 0 Å². The molecule has 0 saturated carbocycles. The number of rotatable bonds is 9. The van der Waals surface area contributed by atoms with E-state index in [9.17, 15) is 12.8 Å². The molecule has 1 aromatic carbocycles. The minimum atomic E-state index is -3.34. The Bertz CT molecular complexity index is 1480. The molecule has 1 fully saturated rings. The Balaban J connectivity index is 1.40. The molecule has 0 radical (unpaired) electrons. The van der Waals surface area contributed by atoms with Crippen molar-refractivity contribution in [3.8, 4) is 22.6 Å². The molecule has 3 N–H and O–H groups in total. The third kappa shape index (κ3) is 6.42. The number of hydrogen-bond acceptors (Lipinski definition) is 9. The van der Waals surface area contributed by atoms with Crippen molar-refractivity contribution in [2.45, 2.75) is 19.8 Å². The Labute approximate surface area is 223 Å². The lowest BCUT2D eigenvalue weighted by atomic mass is 9.92. The van der Waals surface area contributed by atoms with Crippen LogP contribution in [-0.4, -0.2) is 54.4 Å². The minimum Gasteiger partial charge on any atom is -0.349 e. The van der Waals surface area contributed by atoms with Crippen molar-refractivity contribution < 1.29 is 22.3 Å². The lowest BCUT2D eigenvalue weighted by molar-refractivity contribution is -0.231. The van der Waals surface area contributed by atoms with E-state index >= 15 is 0 Å². The fraction of sp³-hybridized carbons (Fsp3) is 0.320. The third-order valence-corrected chi connectivity index (χ3v) is 7.45. The number of nitrogens with one attached hydrogen (secondary N) is 3. The van der Waals surface area contributed by atoms with Crippen LogP contribution in [0.5, 0.6) is 0 Å². The molecule has 10 nitrogen and oxygen atoms in total. The fourth-order valence-electron chi connectivity index (χ4n) is 3.88. The van der Waals surface area contributed by atoms with Gasteiger partial charge < -0.3 is 19.8 Å². The molecule has 13 heteroatoms. The van der Waals surface area contributed by atoms with Gasteiger partial charge in [-0.1, -0.05) is 13.0 Å². The zero-order valence-electron chi connectivity index (χ0n) is 20.8. The molecular weight excluding hydrogens is 531 g/mol. The third-order valence-electron chi connectivity index (χ3n) is 5.90. The van der Waals surface area contributed by atoms with Gasteiger partial charge in [0, 0.05) is 28.6 Å². The summed E-state index contributed by atoms with van der Waals surface area (Å²) in [5, 5.41) is 5.24. The lowest BCUT2D eigenvalue weighted by Crippen LogP contribution is -2.45. The smallest absolute Gasteiger partial charge is 0.223 e. The van der Waals surface area contributed by atoms with Crippen LogP contribution in [0.25, 0.3) is 22.6 Å². The molecule has 3 aromatic heterocycles. The van der Waals surface area contributed by atoms with Crippen molar-refractivity contribution in [3.05, 3.63) is 70.6 Å². The van der Waals surface area contributed by atoms with E-state index in [-0.39, 0.29) is 25.6 Å². The molecule has 200 valence electrons. The summed E-state index contributed by atoms with van der Waals surface area (Å²) in [5.74, 6) is 0.523. The fourth-order valence-corrected chi connectivity index (χ4v) is 5.13. The van der Waals surface area contributed by atoms with Gasteiger partial charge in [-0.15, -0.1) is 11.3 Å². The Morgan fingerprint density at radius 1 is 1.16 bits per heavy atom. The number of aromatic amines is 1. The van der Waals surface area contributed by atoms with Gasteiger partial charge >= 0.3 is 0 Å². The molecule has 4 aromatic rings. The molecule has 5 rings (SSSR count). The first kappa shape index (κ1) is 26.4. The van der Waals surface area contributed by atoms with Gasteiger partial charge in [0.05, 0.1) is 43.1 Å². The van der Waals surface area contributed by atoms with Gasteiger partial charge in [0.15, 0.2) is 5.82 Å². The van der Waals surface area contributed by atoms with Crippen molar-refractivity contribution in [2.24, 2.45) is 5.41 Å². The SMILES string of the molecule is CC1(CNS(C)(=O)=O)COC(c2nc(-c3ccc(F)cc3)c(-c3ccnc(NCc4cccs4)n3)[nH]2)OC1. The van der Waals surface area contributed by atoms with Gasteiger partial charge in [-0.3, -0.25) is 0 Å². The van der Waals surface area contributed by atoms with Crippen LogP contribution in [-0.2, 0) is 26.0 Å². The van der Waals surface area contributed by atoms with Crippen LogP contribution in [0.4, 0.5) is 10.3 Å². The number of ether oxygens (including phenoxy) is 2. The highest BCUT2D eigenvalue weighted by atomic mass is 32.2. The first-order valence-corrected chi connectivity index (χ1v) is 14.6. The second-order valence-electron chi connectivity index (χ2n) is 9.41. The number of sulfonamides is 1. The Hall–Kier alpha value is -3.23. The van der Waals surface area contributed by atoms with E-state index in [1.807, 2.05) is 24.4 Å². The van der Waals surface area contributed by atoms with Crippen molar-refractivity contribution in [3.63, 3.8) is 0 Å². The van der Waals surface area contributed by atoms with E-state index in [0.717, 1.165) is 11.1 Å². The second-order valence-corrected chi connectivity index (χ2v) is 12.3. The highest BCUT2D eigenvalue weighted by molar-refractivity contribution is 7.88. The maximum atomic E-state index is 13.6. The number of H-pyrrole nitrogens is 1. The summed E-state index contributed by atoms with van der Waals surface area (Å²) >= 11 is 1.64. The molecule has 0 spiro atoms. The topological polar surface area (TPSA) is 131 Å². The van der Waals surface area contributed by atoms with Crippen molar-refractivity contribution >= 4 is 27.3 Å². The number of aromatic nitrogens is 4. The van der Waals surface area contributed by atoms with Crippen LogP contribution < -0.4 is 10.0 Å². The van der Waals surface area contributed by atoms with Gasteiger partial charge in [-0.05, 0) is 41.8 Å². The van der Waals surface area contributed by atoms with E-state index in [1.165, 1.54) is 12.1 Å². The van der Waals surface area contributed by atoms with Crippen molar-refractivity contribution in [2.75, 3.05) is 31.3 Å². The van der Waals surface area contributed by atoms with E-state index in [0.29, 0.717) is 41.0 Å². The zero-order chi connectivity index (χ0) is 26.8. The molecule has 0 atom stereocenters. The lowest BCUT2D eigenvalue weighted by Gasteiger charge is -2.36.